The van der Waals surface area contributed by atoms with E-state index >= 15 is 0 Å². The molecule has 14 heavy (non-hydrogen) atoms. The van der Waals surface area contributed by atoms with Crippen molar-refractivity contribution in [3.05, 3.63) is 0 Å². The van der Waals surface area contributed by atoms with Crippen LogP contribution in [0.25, 0.3) is 0 Å². The summed E-state index contributed by atoms with van der Waals surface area (Å²) >= 11 is 0. The van der Waals surface area contributed by atoms with Crippen molar-refractivity contribution < 1.29 is 9.53 Å². The molecule has 0 saturated carbocycles. The van der Waals surface area contributed by atoms with Gasteiger partial charge in [-0.15, -0.1) is 12.3 Å². The Hall–Kier alpha value is -1.05. The number of carbonyl (C=O) groups excluding carboxylic acids is 1. The molecule has 0 radical (unpaired) electrons. The molecule has 0 spiro atoms. The molecule has 4 nitrogen and oxygen atoms in total. The summed E-state index contributed by atoms with van der Waals surface area (Å²) in [5.41, 5.74) is 0. The number of terminal acetylenes is 1. The van der Waals surface area contributed by atoms with E-state index in [0.29, 0.717) is 13.0 Å². The van der Waals surface area contributed by atoms with Crippen LogP contribution in [0.15, 0.2) is 0 Å². The largest absolute Gasteiger partial charge is 0.380 e. The number of carbonyl (C=O) groups is 1. The van der Waals surface area contributed by atoms with Crippen LogP contribution in [0.3, 0.4) is 0 Å². The van der Waals surface area contributed by atoms with Crippen molar-refractivity contribution in [2.45, 2.75) is 25.0 Å². The summed E-state index contributed by atoms with van der Waals surface area (Å²) in [6.45, 7) is 1.29. The summed E-state index contributed by atoms with van der Waals surface area (Å²) in [6.07, 6.45) is 6.54. The lowest BCUT2D eigenvalue weighted by Crippen LogP contribution is -2.40. The molecule has 1 saturated heterocycles. The molecule has 0 aromatic heterocycles. The van der Waals surface area contributed by atoms with E-state index in [-0.39, 0.29) is 18.1 Å². The van der Waals surface area contributed by atoms with Gasteiger partial charge in [-0.1, -0.05) is 0 Å². The van der Waals surface area contributed by atoms with Gasteiger partial charge in [-0.3, -0.25) is 4.79 Å². The maximum absolute atomic E-state index is 11.5. The van der Waals surface area contributed by atoms with Crippen LogP contribution in [0.5, 0.6) is 0 Å². The van der Waals surface area contributed by atoms with Crippen molar-refractivity contribution in [3.63, 3.8) is 0 Å². The first kappa shape index (κ1) is 11.0. The summed E-state index contributed by atoms with van der Waals surface area (Å²) in [7, 11) is 1.66. The number of hydrogen-bond acceptors (Lipinski definition) is 3. The monoisotopic (exact) mass is 196 g/mol. The first-order chi connectivity index (χ1) is 6.77. The van der Waals surface area contributed by atoms with Crippen molar-refractivity contribution in [2.75, 3.05) is 20.2 Å². The Labute approximate surface area is 84.4 Å². The van der Waals surface area contributed by atoms with Gasteiger partial charge in [-0.2, -0.15) is 0 Å². The standard InChI is InChI=1S/C10H16N2O2/c1-3-4-5-11-10(13)9-6-8(14-2)7-12-9/h1,8-9,12H,4-7H2,2H3,(H,11,13). The fraction of sp³-hybridized carbons (Fsp3) is 0.700. The Kier molecular flexibility index (Phi) is 4.44. The predicted molar refractivity (Wildman–Crippen MR) is 53.7 cm³/mol. The molecule has 4 heteroatoms. The predicted octanol–water partition coefficient (Wildman–Crippen LogP) is -0.497. The van der Waals surface area contributed by atoms with Gasteiger partial charge in [0.2, 0.25) is 5.91 Å². The van der Waals surface area contributed by atoms with Gasteiger partial charge < -0.3 is 15.4 Å². The summed E-state index contributed by atoms with van der Waals surface area (Å²) in [6, 6.07) is -0.127. The molecule has 1 rings (SSSR count). The van der Waals surface area contributed by atoms with Crippen LogP contribution in [-0.2, 0) is 9.53 Å². The smallest absolute Gasteiger partial charge is 0.237 e. The molecule has 2 unspecified atom stereocenters. The van der Waals surface area contributed by atoms with E-state index in [2.05, 4.69) is 16.6 Å². The third-order valence-electron chi connectivity index (χ3n) is 2.31. The highest BCUT2D eigenvalue weighted by atomic mass is 16.5. The van der Waals surface area contributed by atoms with Crippen molar-refractivity contribution in [2.24, 2.45) is 0 Å². The number of hydrogen-bond donors (Lipinski definition) is 2. The van der Waals surface area contributed by atoms with E-state index in [0.717, 1.165) is 13.0 Å². The Morgan fingerprint density at radius 3 is 3.14 bits per heavy atom. The lowest BCUT2D eigenvalue weighted by molar-refractivity contribution is -0.122. The summed E-state index contributed by atoms with van der Waals surface area (Å²) in [5, 5.41) is 5.87. The minimum absolute atomic E-state index is 0.0137. The molecule has 1 fully saturated rings. The van der Waals surface area contributed by atoms with E-state index in [1.807, 2.05) is 0 Å². The molecule has 2 atom stereocenters. The lowest BCUT2D eigenvalue weighted by atomic mass is 10.2. The highest BCUT2D eigenvalue weighted by Crippen LogP contribution is 2.09. The van der Waals surface area contributed by atoms with E-state index in [1.165, 1.54) is 0 Å². The van der Waals surface area contributed by atoms with Crippen LogP contribution in [0, 0.1) is 12.3 Å². The fourth-order valence-corrected chi connectivity index (χ4v) is 1.46. The zero-order valence-corrected chi connectivity index (χ0v) is 8.38. The first-order valence-electron chi connectivity index (χ1n) is 4.75. The maximum atomic E-state index is 11.5. The normalized spacial score (nSPS) is 25.7. The van der Waals surface area contributed by atoms with E-state index in [9.17, 15) is 4.79 Å². The van der Waals surface area contributed by atoms with Crippen LogP contribution >= 0.6 is 0 Å². The van der Waals surface area contributed by atoms with Crippen molar-refractivity contribution in [1.82, 2.24) is 10.6 Å². The highest BCUT2D eigenvalue weighted by Gasteiger charge is 2.28. The highest BCUT2D eigenvalue weighted by molar-refractivity contribution is 5.82. The van der Waals surface area contributed by atoms with Gasteiger partial charge in [-0.25, -0.2) is 0 Å². The van der Waals surface area contributed by atoms with Crippen LogP contribution in [0.1, 0.15) is 12.8 Å². The van der Waals surface area contributed by atoms with E-state index in [4.69, 9.17) is 11.2 Å². The number of rotatable bonds is 4. The molecular formula is C10H16N2O2. The van der Waals surface area contributed by atoms with Gasteiger partial charge in [0.1, 0.15) is 0 Å². The molecule has 0 bridgehead atoms. The molecule has 1 amide bonds. The van der Waals surface area contributed by atoms with Gasteiger partial charge in [0, 0.05) is 26.6 Å². The SMILES string of the molecule is C#CCCNC(=O)C1CC(OC)CN1. The van der Waals surface area contributed by atoms with Gasteiger partial charge in [0.05, 0.1) is 12.1 Å². The third-order valence-corrected chi connectivity index (χ3v) is 2.31. The Bertz CT molecular complexity index is 235. The van der Waals surface area contributed by atoms with Crippen molar-refractivity contribution in [1.29, 1.82) is 0 Å². The van der Waals surface area contributed by atoms with Crippen LogP contribution < -0.4 is 10.6 Å². The molecule has 78 valence electrons. The van der Waals surface area contributed by atoms with Crippen LogP contribution in [0.4, 0.5) is 0 Å². The molecule has 0 aliphatic carbocycles. The van der Waals surface area contributed by atoms with Gasteiger partial charge in [-0.05, 0) is 6.42 Å². The quantitative estimate of drug-likeness (QED) is 0.471. The van der Waals surface area contributed by atoms with Crippen LogP contribution in [0.2, 0.25) is 0 Å². The molecular weight excluding hydrogens is 180 g/mol. The zero-order valence-electron chi connectivity index (χ0n) is 8.38. The summed E-state index contributed by atoms with van der Waals surface area (Å²) in [5.74, 6) is 2.49. The fourth-order valence-electron chi connectivity index (χ4n) is 1.46. The summed E-state index contributed by atoms with van der Waals surface area (Å²) < 4.78 is 5.14. The minimum Gasteiger partial charge on any atom is -0.380 e. The van der Waals surface area contributed by atoms with Crippen LogP contribution in [-0.4, -0.2) is 38.3 Å². The van der Waals surface area contributed by atoms with Gasteiger partial charge in [0.25, 0.3) is 0 Å². The van der Waals surface area contributed by atoms with Gasteiger partial charge in [0.15, 0.2) is 0 Å². The number of ether oxygens (including phenoxy) is 1. The number of amides is 1. The Morgan fingerprint density at radius 1 is 1.79 bits per heavy atom. The van der Waals surface area contributed by atoms with Crippen molar-refractivity contribution in [3.8, 4) is 12.3 Å². The minimum atomic E-state index is -0.127. The maximum Gasteiger partial charge on any atom is 0.237 e. The number of nitrogens with one attached hydrogen (secondary N) is 2. The molecule has 1 aliphatic heterocycles. The zero-order chi connectivity index (χ0) is 10.4. The Morgan fingerprint density at radius 2 is 2.57 bits per heavy atom. The first-order valence-corrected chi connectivity index (χ1v) is 4.75. The van der Waals surface area contributed by atoms with E-state index < -0.39 is 0 Å². The lowest BCUT2D eigenvalue weighted by Gasteiger charge is -2.09. The summed E-state index contributed by atoms with van der Waals surface area (Å²) in [4.78, 5) is 11.5. The topological polar surface area (TPSA) is 50.4 Å². The van der Waals surface area contributed by atoms with Gasteiger partial charge >= 0.3 is 0 Å². The molecule has 0 aromatic rings. The molecule has 0 aromatic carbocycles. The molecule has 2 N–H and O–H groups in total. The molecule has 1 aliphatic rings. The molecule has 1 heterocycles. The average Bonchev–Trinajstić information content (AvgIpc) is 2.66. The van der Waals surface area contributed by atoms with E-state index in [1.54, 1.807) is 7.11 Å². The second-order valence-electron chi connectivity index (χ2n) is 3.30. The third kappa shape index (κ3) is 3.02. The number of methoxy groups -OCH3 is 1. The second-order valence-corrected chi connectivity index (χ2v) is 3.30. The Balaban J connectivity index is 2.22. The van der Waals surface area contributed by atoms with Crippen molar-refractivity contribution >= 4 is 5.91 Å². The average molecular weight is 196 g/mol. The second kappa shape index (κ2) is 5.63.